The summed E-state index contributed by atoms with van der Waals surface area (Å²) in [6.07, 6.45) is 1.58. The van der Waals surface area contributed by atoms with E-state index < -0.39 is 29.3 Å². The Bertz CT molecular complexity index is 1280. The lowest BCUT2D eigenvalue weighted by Crippen LogP contribution is -2.37. The van der Waals surface area contributed by atoms with Crippen LogP contribution >= 0.6 is 0 Å². The number of anilines is 2. The molecule has 0 aliphatic carbocycles. The third-order valence-electron chi connectivity index (χ3n) is 5.72. The Morgan fingerprint density at radius 3 is 2.22 bits per heavy atom. The molecule has 0 radical (unpaired) electrons. The Labute approximate surface area is 182 Å². The molecule has 0 aromatic heterocycles. The van der Waals surface area contributed by atoms with Gasteiger partial charge in [0.1, 0.15) is 23.1 Å². The molecule has 0 spiro atoms. The highest BCUT2D eigenvalue weighted by Crippen LogP contribution is 2.40. The fourth-order valence-corrected chi connectivity index (χ4v) is 4.29. The number of para-hydroxylation sites is 1. The van der Waals surface area contributed by atoms with Gasteiger partial charge in [0, 0.05) is 18.3 Å². The van der Waals surface area contributed by atoms with Crippen LogP contribution in [0.3, 0.4) is 0 Å². The number of fused-ring (bicyclic) bond motifs is 1. The van der Waals surface area contributed by atoms with Crippen molar-refractivity contribution in [3.63, 3.8) is 0 Å². The molecule has 2 aliphatic heterocycles. The van der Waals surface area contributed by atoms with Crippen LogP contribution < -0.4 is 9.80 Å². The third kappa shape index (κ3) is 3.17. The SMILES string of the molecule is O=C1C(c2ccc(F)cc2)=C(N2CCCc3ccccc32)C(=O)N1c1ccc(F)cc1F. The molecule has 4 nitrogen and oxygen atoms in total. The fourth-order valence-electron chi connectivity index (χ4n) is 4.29. The maximum Gasteiger partial charge on any atom is 0.282 e. The number of nitrogens with zero attached hydrogens (tertiary/aromatic N) is 2. The van der Waals surface area contributed by atoms with Gasteiger partial charge >= 0.3 is 0 Å². The fraction of sp³-hybridized carbons (Fsp3) is 0.120. The lowest BCUT2D eigenvalue weighted by molar-refractivity contribution is -0.120. The Hall–Kier alpha value is -3.87. The van der Waals surface area contributed by atoms with Gasteiger partial charge in [-0.05, 0) is 54.3 Å². The largest absolute Gasteiger partial charge is 0.336 e. The number of benzene rings is 3. The topological polar surface area (TPSA) is 40.6 Å². The van der Waals surface area contributed by atoms with Crippen molar-refractivity contribution < 1.29 is 22.8 Å². The Balaban J connectivity index is 1.71. The van der Waals surface area contributed by atoms with E-state index in [4.69, 9.17) is 0 Å². The number of amides is 2. The molecule has 0 saturated carbocycles. The van der Waals surface area contributed by atoms with Gasteiger partial charge in [-0.1, -0.05) is 30.3 Å². The van der Waals surface area contributed by atoms with Gasteiger partial charge in [-0.3, -0.25) is 9.59 Å². The van der Waals surface area contributed by atoms with Crippen LogP contribution in [0.15, 0.2) is 72.4 Å². The van der Waals surface area contributed by atoms with Gasteiger partial charge in [-0.15, -0.1) is 0 Å². The Kier molecular flexibility index (Phi) is 4.81. The molecule has 3 aromatic carbocycles. The number of hydrogen-bond donors (Lipinski definition) is 0. The molecule has 0 saturated heterocycles. The normalized spacial score (nSPS) is 16.1. The van der Waals surface area contributed by atoms with Crippen molar-refractivity contribution >= 4 is 28.8 Å². The molecular weight excluding hydrogens is 417 g/mol. The molecule has 0 fully saturated rings. The Morgan fingerprint density at radius 2 is 1.47 bits per heavy atom. The van der Waals surface area contributed by atoms with Crippen molar-refractivity contribution in [2.24, 2.45) is 0 Å². The van der Waals surface area contributed by atoms with E-state index in [0.717, 1.165) is 41.1 Å². The molecule has 0 atom stereocenters. The average molecular weight is 434 g/mol. The van der Waals surface area contributed by atoms with Crippen LogP contribution in [0.2, 0.25) is 0 Å². The maximum absolute atomic E-state index is 14.6. The zero-order valence-electron chi connectivity index (χ0n) is 16.8. The van der Waals surface area contributed by atoms with Crippen LogP contribution in [0.1, 0.15) is 17.5 Å². The van der Waals surface area contributed by atoms with Crippen molar-refractivity contribution in [2.75, 3.05) is 16.3 Å². The van der Waals surface area contributed by atoms with E-state index in [2.05, 4.69) is 0 Å². The number of imide groups is 1. The third-order valence-corrected chi connectivity index (χ3v) is 5.72. The summed E-state index contributed by atoms with van der Waals surface area (Å²) < 4.78 is 41.6. The number of carbonyl (C=O) groups is 2. The van der Waals surface area contributed by atoms with Gasteiger partial charge in [-0.25, -0.2) is 18.1 Å². The van der Waals surface area contributed by atoms with E-state index in [-0.39, 0.29) is 17.0 Å². The molecule has 3 aromatic rings. The molecule has 0 N–H and O–H groups in total. The first kappa shape index (κ1) is 20.1. The minimum absolute atomic E-state index is 0.0513. The van der Waals surface area contributed by atoms with Gasteiger partial charge in [0.15, 0.2) is 0 Å². The molecule has 2 aliphatic rings. The number of carbonyl (C=O) groups excluding carboxylic acids is 2. The van der Waals surface area contributed by atoms with Crippen LogP contribution in [0, 0.1) is 17.5 Å². The second-order valence-corrected chi connectivity index (χ2v) is 7.66. The summed E-state index contributed by atoms with van der Waals surface area (Å²) in [7, 11) is 0. The van der Waals surface area contributed by atoms with Crippen molar-refractivity contribution in [1.82, 2.24) is 0 Å². The first-order valence-electron chi connectivity index (χ1n) is 10.1. The summed E-state index contributed by atoms with van der Waals surface area (Å²) in [5.41, 5.74) is 1.97. The van der Waals surface area contributed by atoms with Crippen molar-refractivity contribution in [3.05, 3.63) is 101 Å². The van der Waals surface area contributed by atoms with Gasteiger partial charge in [0.2, 0.25) is 0 Å². The van der Waals surface area contributed by atoms with E-state index in [0.29, 0.717) is 18.2 Å². The van der Waals surface area contributed by atoms with Crippen LogP contribution in [-0.2, 0) is 16.0 Å². The molecular formula is C25H17F3N2O2. The number of aryl methyl sites for hydroxylation is 1. The second-order valence-electron chi connectivity index (χ2n) is 7.66. The highest BCUT2D eigenvalue weighted by atomic mass is 19.1. The van der Waals surface area contributed by atoms with Crippen LogP contribution in [0.25, 0.3) is 5.57 Å². The average Bonchev–Trinajstić information content (AvgIpc) is 3.04. The molecule has 160 valence electrons. The van der Waals surface area contributed by atoms with E-state index in [1.807, 2.05) is 24.3 Å². The summed E-state index contributed by atoms with van der Waals surface area (Å²) in [5, 5.41) is 0. The highest BCUT2D eigenvalue weighted by molar-refractivity contribution is 6.46. The summed E-state index contributed by atoms with van der Waals surface area (Å²) in [5.74, 6) is -3.79. The first-order chi connectivity index (χ1) is 15.5. The molecule has 0 unspecified atom stereocenters. The molecule has 2 heterocycles. The molecule has 0 bridgehead atoms. The Morgan fingerprint density at radius 1 is 0.750 bits per heavy atom. The zero-order chi connectivity index (χ0) is 22.4. The summed E-state index contributed by atoms with van der Waals surface area (Å²) >= 11 is 0. The van der Waals surface area contributed by atoms with E-state index in [1.54, 1.807) is 4.90 Å². The van der Waals surface area contributed by atoms with Crippen LogP contribution in [0.5, 0.6) is 0 Å². The first-order valence-corrected chi connectivity index (χ1v) is 10.1. The number of hydrogen-bond acceptors (Lipinski definition) is 3. The van der Waals surface area contributed by atoms with Crippen LogP contribution in [-0.4, -0.2) is 18.4 Å². The summed E-state index contributed by atoms with van der Waals surface area (Å²) in [6, 6.07) is 15.5. The highest BCUT2D eigenvalue weighted by Gasteiger charge is 2.44. The van der Waals surface area contributed by atoms with Gasteiger partial charge in [0.05, 0.1) is 11.3 Å². The molecule has 5 rings (SSSR count). The lowest BCUT2D eigenvalue weighted by atomic mass is 9.98. The van der Waals surface area contributed by atoms with E-state index in [9.17, 15) is 22.8 Å². The van der Waals surface area contributed by atoms with Gasteiger partial charge in [-0.2, -0.15) is 0 Å². The number of halogens is 3. The quantitative estimate of drug-likeness (QED) is 0.554. The van der Waals surface area contributed by atoms with E-state index >= 15 is 0 Å². The summed E-state index contributed by atoms with van der Waals surface area (Å²) in [6.45, 7) is 0.482. The van der Waals surface area contributed by atoms with Gasteiger partial charge in [0.25, 0.3) is 11.8 Å². The monoisotopic (exact) mass is 434 g/mol. The minimum atomic E-state index is -1.02. The number of rotatable bonds is 3. The molecule has 2 amide bonds. The lowest BCUT2D eigenvalue weighted by Gasteiger charge is -2.32. The van der Waals surface area contributed by atoms with E-state index in [1.165, 1.54) is 24.3 Å². The van der Waals surface area contributed by atoms with Crippen LogP contribution in [0.4, 0.5) is 24.5 Å². The standard InChI is InChI=1S/C25H17F3N2O2/c26-17-9-7-16(8-10-17)22-23(29-13-3-5-15-4-1-2-6-20(15)29)25(32)30(24(22)31)21-12-11-18(27)14-19(21)28/h1-2,4,6-12,14H,3,5,13H2. The van der Waals surface area contributed by atoms with Gasteiger partial charge < -0.3 is 4.90 Å². The maximum atomic E-state index is 14.6. The molecule has 7 heteroatoms. The second kappa shape index (κ2) is 7.67. The minimum Gasteiger partial charge on any atom is -0.336 e. The van der Waals surface area contributed by atoms with Crippen molar-refractivity contribution in [2.45, 2.75) is 12.8 Å². The predicted octanol–water partition coefficient (Wildman–Crippen LogP) is 4.84. The van der Waals surface area contributed by atoms with Crippen molar-refractivity contribution in [1.29, 1.82) is 0 Å². The smallest absolute Gasteiger partial charge is 0.282 e. The summed E-state index contributed by atoms with van der Waals surface area (Å²) in [4.78, 5) is 29.5. The zero-order valence-corrected chi connectivity index (χ0v) is 16.8. The van der Waals surface area contributed by atoms with Crippen molar-refractivity contribution in [3.8, 4) is 0 Å². The molecule has 32 heavy (non-hydrogen) atoms. The predicted molar refractivity (Wildman–Crippen MR) is 114 cm³/mol.